The number of fused-ring (bicyclic) bond motifs is 1. The lowest BCUT2D eigenvalue weighted by Gasteiger charge is -2.14. The first-order valence-electron chi connectivity index (χ1n) is 10.0. The molecule has 1 N–H and O–H groups in total. The second kappa shape index (κ2) is 8.33. The van der Waals surface area contributed by atoms with Gasteiger partial charge in [0.2, 0.25) is 5.91 Å². The molecule has 2 aromatic heterocycles. The Kier molecular flexibility index (Phi) is 5.44. The summed E-state index contributed by atoms with van der Waals surface area (Å²) in [7, 11) is 0. The third-order valence-electron chi connectivity index (χ3n) is 5.27. The minimum absolute atomic E-state index is 0.0774. The lowest BCUT2D eigenvalue weighted by molar-refractivity contribution is 0.0911. The molecule has 0 saturated carbocycles. The number of nitrogens with zero attached hydrogens (tertiary/aromatic N) is 2. The van der Waals surface area contributed by atoms with Crippen LogP contribution in [0.2, 0.25) is 0 Å². The van der Waals surface area contributed by atoms with Crippen LogP contribution in [0.3, 0.4) is 0 Å². The van der Waals surface area contributed by atoms with Gasteiger partial charge in [-0.25, -0.2) is 0 Å². The Hall–Kier alpha value is -3.73. The summed E-state index contributed by atoms with van der Waals surface area (Å²) in [6, 6.07) is 19.2. The van der Waals surface area contributed by atoms with Crippen molar-refractivity contribution in [2.24, 2.45) is 0 Å². The number of amides is 1. The molecular formula is C25H23N3O2. The number of hydrogen-bond acceptors (Lipinski definition) is 3. The molecule has 4 aromatic rings. The molecule has 2 aromatic carbocycles. The number of benzene rings is 2. The molecule has 2 heterocycles. The average molecular weight is 397 g/mol. The highest BCUT2D eigenvalue weighted by molar-refractivity contribution is 5.96. The highest BCUT2D eigenvalue weighted by atomic mass is 16.2. The van der Waals surface area contributed by atoms with Crippen molar-refractivity contribution in [1.29, 1.82) is 0 Å². The molecule has 30 heavy (non-hydrogen) atoms. The molecule has 0 aliphatic heterocycles. The fourth-order valence-corrected chi connectivity index (χ4v) is 3.52. The Labute approximate surface area is 175 Å². The molecule has 1 amide bonds. The maximum Gasteiger partial charge on any atom is 0.251 e. The van der Waals surface area contributed by atoms with E-state index in [1.807, 2.05) is 74.6 Å². The summed E-state index contributed by atoms with van der Waals surface area (Å²) < 4.78 is 1.69. The SMILES string of the molecule is CCC(=O)n1ccc2cc(-c3ccc(C(=O)NC(C)c4cccnc4)cc3)ccc21. The van der Waals surface area contributed by atoms with Crippen molar-refractivity contribution in [2.75, 3.05) is 0 Å². The van der Waals surface area contributed by atoms with Crippen molar-refractivity contribution >= 4 is 22.7 Å². The van der Waals surface area contributed by atoms with Gasteiger partial charge in [-0.05, 0) is 60.0 Å². The van der Waals surface area contributed by atoms with E-state index >= 15 is 0 Å². The number of pyridine rings is 1. The molecule has 0 bridgehead atoms. The molecular weight excluding hydrogens is 374 g/mol. The zero-order chi connectivity index (χ0) is 21.1. The summed E-state index contributed by atoms with van der Waals surface area (Å²) in [5.74, 6) is -0.0443. The molecule has 0 aliphatic rings. The topological polar surface area (TPSA) is 64.0 Å². The van der Waals surface area contributed by atoms with Crippen molar-refractivity contribution in [3.8, 4) is 11.1 Å². The van der Waals surface area contributed by atoms with E-state index in [1.54, 1.807) is 17.0 Å². The second-order valence-corrected chi connectivity index (χ2v) is 7.27. The number of rotatable bonds is 5. The summed E-state index contributed by atoms with van der Waals surface area (Å²) in [6.07, 6.45) is 5.75. The maximum absolute atomic E-state index is 12.6. The molecule has 0 spiro atoms. The summed E-state index contributed by atoms with van der Waals surface area (Å²) in [5, 5.41) is 4.02. The molecule has 1 atom stereocenters. The largest absolute Gasteiger partial charge is 0.345 e. The van der Waals surface area contributed by atoms with Gasteiger partial charge >= 0.3 is 0 Å². The number of carbonyl (C=O) groups excluding carboxylic acids is 2. The minimum Gasteiger partial charge on any atom is -0.345 e. The van der Waals surface area contributed by atoms with E-state index < -0.39 is 0 Å². The Balaban J connectivity index is 1.52. The minimum atomic E-state index is -0.122. The first-order valence-corrected chi connectivity index (χ1v) is 10.0. The molecule has 0 aliphatic carbocycles. The Morgan fingerprint density at radius 1 is 1.03 bits per heavy atom. The molecule has 0 saturated heterocycles. The van der Waals surface area contributed by atoms with Gasteiger partial charge in [0.1, 0.15) is 0 Å². The number of nitrogens with one attached hydrogen (secondary N) is 1. The van der Waals surface area contributed by atoms with Crippen LogP contribution >= 0.6 is 0 Å². The average Bonchev–Trinajstić information content (AvgIpc) is 3.22. The third-order valence-corrected chi connectivity index (χ3v) is 5.27. The maximum atomic E-state index is 12.6. The molecule has 1 unspecified atom stereocenters. The summed E-state index contributed by atoms with van der Waals surface area (Å²) >= 11 is 0. The van der Waals surface area contributed by atoms with Crippen LogP contribution in [0.5, 0.6) is 0 Å². The van der Waals surface area contributed by atoms with Gasteiger partial charge in [-0.15, -0.1) is 0 Å². The number of aromatic nitrogens is 2. The van der Waals surface area contributed by atoms with Crippen molar-refractivity contribution in [2.45, 2.75) is 26.3 Å². The van der Waals surface area contributed by atoms with Crippen LogP contribution < -0.4 is 5.32 Å². The van der Waals surface area contributed by atoms with Crippen LogP contribution in [0.4, 0.5) is 0 Å². The smallest absolute Gasteiger partial charge is 0.251 e. The molecule has 5 heteroatoms. The zero-order valence-electron chi connectivity index (χ0n) is 17.0. The third kappa shape index (κ3) is 3.87. The van der Waals surface area contributed by atoms with Crippen LogP contribution in [0.15, 0.2) is 79.3 Å². The van der Waals surface area contributed by atoms with Gasteiger partial charge in [-0.3, -0.25) is 19.1 Å². The van der Waals surface area contributed by atoms with Gasteiger partial charge in [0.05, 0.1) is 11.6 Å². The normalized spacial score (nSPS) is 11.9. The molecule has 0 radical (unpaired) electrons. The summed E-state index contributed by atoms with van der Waals surface area (Å²) in [6.45, 7) is 3.80. The van der Waals surface area contributed by atoms with E-state index in [0.29, 0.717) is 12.0 Å². The Bertz CT molecular complexity index is 1190. The van der Waals surface area contributed by atoms with Gasteiger partial charge in [-0.1, -0.05) is 31.2 Å². The lowest BCUT2D eigenvalue weighted by atomic mass is 10.0. The highest BCUT2D eigenvalue weighted by Gasteiger charge is 2.12. The van der Waals surface area contributed by atoms with Gasteiger partial charge in [0, 0.05) is 36.0 Å². The first kappa shape index (κ1) is 19.6. The number of carbonyl (C=O) groups is 2. The summed E-state index contributed by atoms with van der Waals surface area (Å²) in [5.41, 5.74) is 4.54. The monoisotopic (exact) mass is 397 g/mol. The Morgan fingerprint density at radius 2 is 1.80 bits per heavy atom. The Morgan fingerprint density at radius 3 is 2.50 bits per heavy atom. The van der Waals surface area contributed by atoms with Gasteiger partial charge in [0.15, 0.2) is 0 Å². The lowest BCUT2D eigenvalue weighted by Crippen LogP contribution is -2.26. The van der Waals surface area contributed by atoms with Crippen molar-refractivity contribution < 1.29 is 9.59 Å². The molecule has 0 fully saturated rings. The molecule has 5 nitrogen and oxygen atoms in total. The van der Waals surface area contributed by atoms with Crippen LogP contribution in [0.25, 0.3) is 22.0 Å². The van der Waals surface area contributed by atoms with Crippen molar-refractivity contribution in [1.82, 2.24) is 14.9 Å². The number of hydrogen-bond donors (Lipinski definition) is 1. The van der Waals surface area contributed by atoms with Gasteiger partial charge in [-0.2, -0.15) is 0 Å². The van der Waals surface area contributed by atoms with E-state index in [-0.39, 0.29) is 17.9 Å². The van der Waals surface area contributed by atoms with Gasteiger partial charge in [0.25, 0.3) is 5.91 Å². The fraction of sp³-hybridized carbons (Fsp3) is 0.160. The standard InChI is InChI=1S/C25H23N3O2/c1-3-24(29)28-14-12-21-15-20(10-11-23(21)28)18-6-8-19(9-7-18)25(30)27-17(2)22-5-4-13-26-16-22/h4-17H,3H2,1-2H3,(H,27,30). The van der Waals surface area contributed by atoms with Crippen LogP contribution in [-0.2, 0) is 0 Å². The van der Waals surface area contributed by atoms with E-state index in [2.05, 4.69) is 16.4 Å². The molecule has 150 valence electrons. The fourth-order valence-electron chi connectivity index (χ4n) is 3.52. The predicted octanol–water partition coefficient (Wildman–Crippen LogP) is 5.24. The zero-order valence-corrected chi connectivity index (χ0v) is 17.0. The van der Waals surface area contributed by atoms with E-state index in [9.17, 15) is 9.59 Å². The first-order chi connectivity index (χ1) is 14.6. The quantitative estimate of drug-likeness (QED) is 0.501. The van der Waals surface area contributed by atoms with E-state index in [1.165, 1.54) is 0 Å². The van der Waals surface area contributed by atoms with E-state index in [0.717, 1.165) is 27.6 Å². The van der Waals surface area contributed by atoms with Gasteiger partial charge < -0.3 is 5.32 Å². The van der Waals surface area contributed by atoms with Crippen LogP contribution in [0, 0.1) is 0 Å². The molecule has 4 rings (SSSR count). The van der Waals surface area contributed by atoms with Crippen molar-refractivity contribution in [3.05, 3.63) is 90.4 Å². The van der Waals surface area contributed by atoms with Crippen molar-refractivity contribution in [3.63, 3.8) is 0 Å². The summed E-state index contributed by atoms with van der Waals surface area (Å²) in [4.78, 5) is 28.7. The van der Waals surface area contributed by atoms with Crippen LogP contribution in [0.1, 0.15) is 47.0 Å². The van der Waals surface area contributed by atoms with Crippen LogP contribution in [-0.4, -0.2) is 21.4 Å². The highest BCUT2D eigenvalue weighted by Crippen LogP contribution is 2.26. The predicted molar refractivity (Wildman–Crippen MR) is 118 cm³/mol. The second-order valence-electron chi connectivity index (χ2n) is 7.27. The van der Waals surface area contributed by atoms with E-state index in [4.69, 9.17) is 0 Å².